The molecular weight excluding hydrogens is 429 g/mol. The summed E-state index contributed by atoms with van der Waals surface area (Å²) in [4.78, 5) is 0. The van der Waals surface area contributed by atoms with Crippen molar-refractivity contribution in [2.45, 2.75) is 6.10 Å². The lowest BCUT2D eigenvalue weighted by atomic mass is 10.1. The van der Waals surface area contributed by atoms with E-state index < -0.39 is 0 Å². The van der Waals surface area contributed by atoms with Gasteiger partial charge in [0.15, 0.2) is 0 Å². The average molecular weight is 440 g/mol. The number of nitrogens with two attached hydrogens (primary N) is 1. The summed E-state index contributed by atoms with van der Waals surface area (Å²) in [6, 6.07) is 11.1. The Bertz CT molecular complexity index is 622. The van der Waals surface area contributed by atoms with Gasteiger partial charge in [-0.05, 0) is 28.1 Å². The molecule has 0 radical (unpaired) electrons. The Morgan fingerprint density at radius 1 is 1.05 bits per heavy atom. The van der Waals surface area contributed by atoms with Gasteiger partial charge in [-0.15, -0.1) is 0 Å². The third-order valence-corrected chi connectivity index (χ3v) is 4.92. The second kappa shape index (κ2) is 7.14. The summed E-state index contributed by atoms with van der Waals surface area (Å²) in [7, 11) is 0. The molecule has 0 aromatic heterocycles. The molecule has 2 aromatic carbocycles. The van der Waals surface area contributed by atoms with E-state index in [9.17, 15) is 0 Å². The van der Waals surface area contributed by atoms with E-state index in [1.807, 2.05) is 24.3 Å². The average Bonchev–Trinajstić information content (AvgIpc) is 2.42. The fraction of sp³-hybridized carbons (Fsp3) is 0.143. The topological polar surface area (TPSA) is 35.2 Å². The van der Waals surface area contributed by atoms with Crippen molar-refractivity contribution in [1.29, 1.82) is 0 Å². The summed E-state index contributed by atoms with van der Waals surface area (Å²) in [6.07, 6.45) is -0.305. The first-order chi connectivity index (χ1) is 9.52. The highest BCUT2D eigenvalue weighted by molar-refractivity contribution is 9.10. The van der Waals surface area contributed by atoms with E-state index in [-0.39, 0.29) is 6.10 Å². The first-order valence-corrected chi connectivity index (χ1v) is 8.12. The zero-order valence-corrected chi connectivity index (χ0v) is 14.9. The number of benzene rings is 2. The molecule has 2 N–H and O–H groups in total. The summed E-state index contributed by atoms with van der Waals surface area (Å²) in [6.45, 7) is 0.326. The van der Waals surface area contributed by atoms with Crippen molar-refractivity contribution in [2.24, 2.45) is 5.73 Å². The van der Waals surface area contributed by atoms with Crippen LogP contribution in [0.5, 0.6) is 5.75 Å². The normalized spacial score (nSPS) is 12.2. The maximum atomic E-state index is 6.16. The number of ether oxygens (including phenoxy) is 1. The molecule has 0 heterocycles. The Balaban J connectivity index is 2.32. The number of hydrogen-bond donors (Lipinski definition) is 1. The van der Waals surface area contributed by atoms with Gasteiger partial charge in [0, 0.05) is 27.1 Å². The minimum atomic E-state index is -0.305. The van der Waals surface area contributed by atoms with Crippen LogP contribution in [-0.2, 0) is 0 Å². The number of halogens is 4. The highest BCUT2D eigenvalue weighted by atomic mass is 79.9. The second-order valence-corrected chi connectivity index (χ2v) is 6.58. The quantitative estimate of drug-likeness (QED) is 0.629. The van der Waals surface area contributed by atoms with Gasteiger partial charge in [0.2, 0.25) is 0 Å². The lowest BCUT2D eigenvalue weighted by molar-refractivity contribution is 0.213. The van der Waals surface area contributed by atoms with Gasteiger partial charge in [-0.3, -0.25) is 0 Å². The fourth-order valence-corrected chi connectivity index (χ4v) is 3.10. The van der Waals surface area contributed by atoms with Gasteiger partial charge in [-0.2, -0.15) is 0 Å². The third kappa shape index (κ3) is 3.68. The molecule has 0 spiro atoms. The van der Waals surface area contributed by atoms with Crippen molar-refractivity contribution in [1.82, 2.24) is 0 Å². The molecule has 2 rings (SSSR count). The van der Waals surface area contributed by atoms with E-state index in [0.29, 0.717) is 22.3 Å². The highest BCUT2D eigenvalue weighted by Crippen LogP contribution is 2.37. The molecule has 1 atom stereocenters. The SMILES string of the molecule is NCC(Oc1cc(Cl)c(Br)cc1Cl)c1ccccc1Br. The molecule has 6 heteroatoms. The van der Waals surface area contributed by atoms with Crippen molar-refractivity contribution in [2.75, 3.05) is 6.54 Å². The van der Waals surface area contributed by atoms with E-state index in [4.69, 9.17) is 33.7 Å². The van der Waals surface area contributed by atoms with Crippen LogP contribution in [0.3, 0.4) is 0 Å². The second-order valence-electron chi connectivity index (χ2n) is 4.06. The fourth-order valence-electron chi connectivity index (χ4n) is 1.72. The van der Waals surface area contributed by atoms with Crippen LogP contribution in [0.15, 0.2) is 45.3 Å². The Labute approximate surface area is 144 Å². The zero-order valence-electron chi connectivity index (χ0n) is 10.2. The predicted octanol–water partition coefficient (Wildman–Crippen LogP) is 5.60. The van der Waals surface area contributed by atoms with Crippen LogP contribution in [0.1, 0.15) is 11.7 Å². The van der Waals surface area contributed by atoms with Crippen LogP contribution in [-0.4, -0.2) is 6.54 Å². The molecule has 0 saturated heterocycles. The minimum absolute atomic E-state index is 0.305. The summed E-state index contributed by atoms with van der Waals surface area (Å²) >= 11 is 19.0. The lowest BCUT2D eigenvalue weighted by Gasteiger charge is -2.20. The monoisotopic (exact) mass is 437 g/mol. The van der Waals surface area contributed by atoms with Crippen molar-refractivity contribution in [3.05, 3.63) is 61.0 Å². The van der Waals surface area contributed by atoms with Crippen LogP contribution in [0.2, 0.25) is 10.0 Å². The van der Waals surface area contributed by atoms with Gasteiger partial charge in [0.25, 0.3) is 0 Å². The first-order valence-electron chi connectivity index (χ1n) is 5.78. The largest absolute Gasteiger partial charge is 0.483 e. The molecule has 20 heavy (non-hydrogen) atoms. The molecule has 1 unspecified atom stereocenters. The van der Waals surface area contributed by atoms with E-state index in [0.717, 1.165) is 14.5 Å². The Kier molecular flexibility index (Phi) is 5.75. The van der Waals surface area contributed by atoms with Gasteiger partial charge in [0.05, 0.1) is 10.0 Å². The molecule has 0 bridgehead atoms. The predicted molar refractivity (Wildman–Crippen MR) is 90.7 cm³/mol. The molecule has 0 saturated carbocycles. The van der Waals surface area contributed by atoms with E-state index in [1.165, 1.54) is 0 Å². The molecule has 0 aliphatic carbocycles. The highest BCUT2D eigenvalue weighted by Gasteiger charge is 2.17. The molecule has 0 aliphatic heterocycles. The van der Waals surface area contributed by atoms with Gasteiger partial charge in [-0.1, -0.05) is 57.3 Å². The smallest absolute Gasteiger partial charge is 0.140 e. The van der Waals surface area contributed by atoms with Crippen LogP contribution in [0.4, 0.5) is 0 Å². The Hall–Kier alpha value is -0.260. The number of hydrogen-bond acceptors (Lipinski definition) is 2. The van der Waals surface area contributed by atoms with Crippen molar-refractivity contribution < 1.29 is 4.74 Å². The summed E-state index contributed by atoms with van der Waals surface area (Å²) in [5.74, 6) is 0.506. The van der Waals surface area contributed by atoms with Gasteiger partial charge < -0.3 is 10.5 Å². The summed E-state index contributed by atoms with van der Waals surface area (Å²) < 4.78 is 7.57. The van der Waals surface area contributed by atoms with Crippen molar-refractivity contribution >= 4 is 55.1 Å². The molecule has 106 valence electrons. The van der Waals surface area contributed by atoms with Gasteiger partial charge in [-0.25, -0.2) is 0 Å². The van der Waals surface area contributed by atoms with Crippen molar-refractivity contribution in [3.63, 3.8) is 0 Å². The zero-order chi connectivity index (χ0) is 14.7. The van der Waals surface area contributed by atoms with E-state index in [1.54, 1.807) is 12.1 Å². The molecular formula is C14H11Br2Cl2NO. The molecule has 0 fully saturated rings. The first kappa shape index (κ1) is 16.1. The van der Waals surface area contributed by atoms with E-state index >= 15 is 0 Å². The lowest BCUT2D eigenvalue weighted by Crippen LogP contribution is -2.19. The molecule has 2 aromatic rings. The number of rotatable bonds is 4. The summed E-state index contributed by atoms with van der Waals surface area (Å²) in [5.41, 5.74) is 6.77. The van der Waals surface area contributed by atoms with Crippen LogP contribution in [0, 0.1) is 0 Å². The van der Waals surface area contributed by atoms with Crippen LogP contribution >= 0.6 is 55.1 Å². The van der Waals surface area contributed by atoms with Gasteiger partial charge >= 0.3 is 0 Å². The molecule has 0 aliphatic rings. The Morgan fingerprint density at radius 2 is 1.75 bits per heavy atom. The van der Waals surface area contributed by atoms with E-state index in [2.05, 4.69) is 31.9 Å². The Morgan fingerprint density at radius 3 is 2.40 bits per heavy atom. The van der Waals surface area contributed by atoms with Crippen molar-refractivity contribution in [3.8, 4) is 5.75 Å². The molecule has 0 amide bonds. The summed E-state index contributed by atoms with van der Waals surface area (Å²) in [5, 5.41) is 1.01. The van der Waals surface area contributed by atoms with Gasteiger partial charge in [0.1, 0.15) is 11.9 Å². The maximum absolute atomic E-state index is 6.16. The third-order valence-electron chi connectivity index (χ3n) is 2.71. The maximum Gasteiger partial charge on any atom is 0.140 e. The minimum Gasteiger partial charge on any atom is -0.483 e. The molecule has 2 nitrogen and oxygen atoms in total. The standard InChI is InChI=1S/C14H11Br2Cl2NO/c15-9-4-2-1-3-8(9)14(7-19)20-13-6-11(17)10(16)5-12(13)18/h1-6,14H,7,19H2. The van der Waals surface area contributed by atoms with Crippen LogP contribution in [0.25, 0.3) is 0 Å². The van der Waals surface area contributed by atoms with Crippen LogP contribution < -0.4 is 10.5 Å².